The lowest BCUT2D eigenvalue weighted by Crippen LogP contribution is -2.29. The van der Waals surface area contributed by atoms with Crippen LogP contribution in [-0.2, 0) is 0 Å². The first-order valence-corrected chi connectivity index (χ1v) is 7.60. The molecule has 1 aliphatic rings. The van der Waals surface area contributed by atoms with E-state index in [4.69, 9.17) is 10.5 Å². The van der Waals surface area contributed by atoms with E-state index >= 15 is 0 Å². The Morgan fingerprint density at radius 2 is 1.95 bits per heavy atom. The summed E-state index contributed by atoms with van der Waals surface area (Å²) in [6.07, 6.45) is 3.78. The van der Waals surface area contributed by atoms with Crippen molar-refractivity contribution in [2.24, 2.45) is 23.5 Å². The van der Waals surface area contributed by atoms with Crippen LogP contribution in [-0.4, -0.2) is 6.61 Å². The first kappa shape index (κ1) is 14.4. The third-order valence-electron chi connectivity index (χ3n) is 4.72. The van der Waals surface area contributed by atoms with Crippen molar-refractivity contribution in [3.8, 4) is 5.75 Å². The second-order valence-corrected chi connectivity index (χ2v) is 6.02. The lowest BCUT2D eigenvalue weighted by atomic mass is 9.72. The summed E-state index contributed by atoms with van der Waals surface area (Å²) in [5.41, 5.74) is 7.71. The van der Waals surface area contributed by atoms with Gasteiger partial charge in [-0.25, -0.2) is 0 Å². The molecule has 1 aromatic carbocycles. The summed E-state index contributed by atoms with van der Waals surface area (Å²) in [5, 5.41) is 0. The Kier molecular flexibility index (Phi) is 4.87. The number of hydrogen-bond acceptors (Lipinski definition) is 2. The van der Waals surface area contributed by atoms with Crippen molar-refractivity contribution in [2.45, 2.75) is 46.1 Å². The maximum Gasteiger partial charge on any atom is 0.124 e. The van der Waals surface area contributed by atoms with Gasteiger partial charge in [0, 0.05) is 11.6 Å². The SMILES string of the molecule is CCOc1ccccc1C(N)C1CCC(C)C(C)C1. The number of hydrogen-bond donors (Lipinski definition) is 1. The van der Waals surface area contributed by atoms with Gasteiger partial charge in [-0.2, -0.15) is 0 Å². The topological polar surface area (TPSA) is 35.2 Å². The van der Waals surface area contributed by atoms with Crippen LogP contribution in [0.5, 0.6) is 5.75 Å². The molecule has 1 aliphatic carbocycles. The molecule has 19 heavy (non-hydrogen) atoms. The molecular formula is C17H27NO. The molecule has 0 amide bonds. The van der Waals surface area contributed by atoms with Crippen LogP contribution in [0.25, 0.3) is 0 Å². The van der Waals surface area contributed by atoms with Gasteiger partial charge in [0.25, 0.3) is 0 Å². The molecule has 0 saturated heterocycles. The number of para-hydroxylation sites is 1. The number of ether oxygens (including phenoxy) is 1. The van der Waals surface area contributed by atoms with E-state index in [-0.39, 0.29) is 6.04 Å². The summed E-state index contributed by atoms with van der Waals surface area (Å²) in [7, 11) is 0. The Hall–Kier alpha value is -1.02. The molecule has 2 rings (SSSR count). The minimum Gasteiger partial charge on any atom is -0.494 e. The summed E-state index contributed by atoms with van der Waals surface area (Å²) < 4.78 is 5.72. The monoisotopic (exact) mass is 261 g/mol. The van der Waals surface area contributed by atoms with Crippen LogP contribution in [0, 0.1) is 17.8 Å². The number of nitrogens with two attached hydrogens (primary N) is 1. The summed E-state index contributed by atoms with van der Waals surface area (Å²) in [6, 6.07) is 8.35. The van der Waals surface area contributed by atoms with Crippen molar-refractivity contribution >= 4 is 0 Å². The fourth-order valence-electron chi connectivity index (χ4n) is 3.21. The van der Waals surface area contributed by atoms with Gasteiger partial charge in [-0.05, 0) is 43.6 Å². The molecule has 0 heterocycles. The van der Waals surface area contributed by atoms with Crippen LogP contribution in [0.2, 0.25) is 0 Å². The van der Waals surface area contributed by atoms with Gasteiger partial charge in [0.05, 0.1) is 6.61 Å². The molecule has 106 valence electrons. The van der Waals surface area contributed by atoms with Gasteiger partial charge >= 0.3 is 0 Å². The van der Waals surface area contributed by atoms with Gasteiger partial charge < -0.3 is 10.5 Å². The van der Waals surface area contributed by atoms with E-state index in [0.29, 0.717) is 12.5 Å². The molecule has 4 atom stereocenters. The third kappa shape index (κ3) is 3.30. The molecule has 2 N–H and O–H groups in total. The van der Waals surface area contributed by atoms with Crippen LogP contribution >= 0.6 is 0 Å². The Labute approximate surface area is 117 Å². The first-order chi connectivity index (χ1) is 9.13. The van der Waals surface area contributed by atoms with Gasteiger partial charge in [-0.1, -0.05) is 38.5 Å². The Bertz CT molecular complexity index is 404. The second kappa shape index (κ2) is 6.42. The van der Waals surface area contributed by atoms with Crippen LogP contribution < -0.4 is 10.5 Å². The summed E-state index contributed by atoms with van der Waals surface area (Å²) in [5.74, 6) is 3.17. The normalized spacial score (nSPS) is 28.9. The Balaban J connectivity index is 2.13. The molecular weight excluding hydrogens is 234 g/mol. The molecule has 2 nitrogen and oxygen atoms in total. The van der Waals surface area contributed by atoms with Crippen molar-refractivity contribution in [1.82, 2.24) is 0 Å². The van der Waals surface area contributed by atoms with Gasteiger partial charge in [-0.15, -0.1) is 0 Å². The maximum absolute atomic E-state index is 6.53. The highest BCUT2D eigenvalue weighted by molar-refractivity contribution is 5.36. The highest BCUT2D eigenvalue weighted by Gasteiger charge is 2.30. The molecule has 1 fully saturated rings. The summed E-state index contributed by atoms with van der Waals surface area (Å²) in [6.45, 7) is 7.44. The number of rotatable bonds is 4. The fraction of sp³-hybridized carbons (Fsp3) is 0.647. The van der Waals surface area contributed by atoms with Crippen LogP contribution in [0.1, 0.15) is 51.6 Å². The maximum atomic E-state index is 6.53. The van der Waals surface area contributed by atoms with Crippen molar-refractivity contribution in [3.05, 3.63) is 29.8 Å². The second-order valence-electron chi connectivity index (χ2n) is 6.02. The lowest BCUT2D eigenvalue weighted by molar-refractivity contribution is 0.184. The van der Waals surface area contributed by atoms with E-state index in [1.807, 2.05) is 19.1 Å². The van der Waals surface area contributed by atoms with E-state index in [1.54, 1.807) is 0 Å². The molecule has 0 aromatic heterocycles. The smallest absolute Gasteiger partial charge is 0.124 e. The number of benzene rings is 1. The van der Waals surface area contributed by atoms with Crippen LogP contribution in [0.4, 0.5) is 0 Å². The van der Waals surface area contributed by atoms with Crippen molar-refractivity contribution in [2.75, 3.05) is 6.61 Å². The molecule has 2 heteroatoms. The van der Waals surface area contributed by atoms with E-state index in [1.165, 1.54) is 24.8 Å². The van der Waals surface area contributed by atoms with Crippen molar-refractivity contribution in [3.63, 3.8) is 0 Å². The Morgan fingerprint density at radius 3 is 2.63 bits per heavy atom. The largest absolute Gasteiger partial charge is 0.494 e. The fourth-order valence-corrected chi connectivity index (χ4v) is 3.21. The predicted octanol–water partition coefficient (Wildman–Crippen LogP) is 4.16. The van der Waals surface area contributed by atoms with Gasteiger partial charge in [-0.3, -0.25) is 0 Å². The van der Waals surface area contributed by atoms with E-state index in [2.05, 4.69) is 26.0 Å². The van der Waals surface area contributed by atoms with Crippen LogP contribution in [0.15, 0.2) is 24.3 Å². The molecule has 0 spiro atoms. The average Bonchev–Trinajstić information content (AvgIpc) is 2.42. The minimum absolute atomic E-state index is 0.109. The van der Waals surface area contributed by atoms with Crippen molar-refractivity contribution < 1.29 is 4.74 Å². The van der Waals surface area contributed by atoms with Crippen molar-refractivity contribution in [1.29, 1.82) is 0 Å². The minimum atomic E-state index is 0.109. The van der Waals surface area contributed by atoms with E-state index < -0.39 is 0 Å². The zero-order valence-corrected chi connectivity index (χ0v) is 12.4. The predicted molar refractivity (Wildman–Crippen MR) is 80.2 cm³/mol. The molecule has 0 radical (unpaired) electrons. The highest BCUT2D eigenvalue weighted by Crippen LogP contribution is 2.40. The van der Waals surface area contributed by atoms with E-state index in [0.717, 1.165) is 17.6 Å². The van der Waals surface area contributed by atoms with Gasteiger partial charge in [0.15, 0.2) is 0 Å². The molecule has 0 bridgehead atoms. The Morgan fingerprint density at radius 1 is 1.21 bits per heavy atom. The summed E-state index contributed by atoms with van der Waals surface area (Å²) >= 11 is 0. The molecule has 4 unspecified atom stereocenters. The highest BCUT2D eigenvalue weighted by atomic mass is 16.5. The molecule has 0 aliphatic heterocycles. The lowest BCUT2D eigenvalue weighted by Gasteiger charge is -2.35. The summed E-state index contributed by atoms with van der Waals surface area (Å²) in [4.78, 5) is 0. The average molecular weight is 261 g/mol. The zero-order chi connectivity index (χ0) is 13.8. The third-order valence-corrected chi connectivity index (χ3v) is 4.72. The van der Waals surface area contributed by atoms with Gasteiger partial charge in [0.1, 0.15) is 5.75 Å². The molecule has 1 saturated carbocycles. The quantitative estimate of drug-likeness (QED) is 0.883. The molecule has 1 aromatic rings. The zero-order valence-electron chi connectivity index (χ0n) is 12.4. The van der Waals surface area contributed by atoms with E-state index in [9.17, 15) is 0 Å². The standard InChI is InChI=1S/C17H27NO/c1-4-19-16-8-6-5-7-15(16)17(18)14-10-9-12(2)13(3)11-14/h5-8,12-14,17H,4,9-11,18H2,1-3H3. The van der Waals surface area contributed by atoms with Gasteiger partial charge in [0.2, 0.25) is 0 Å². The first-order valence-electron chi connectivity index (χ1n) is 7.60. The van der Waals surface area contributed by atoms with Crippen LogP contribution in [0.3, 0.4) is 0 Å².